The van der Waals surface area contributed by atoms with Gasteiger partial charge in [0.25, 0.3) is 0 Å². The van der Waals surface area contributed by atoms with Gasteiger partial charge < -0.3 is 5.11 Å². The highest BCUT2D eigenvalue weighted by atomic mass is 35.5. The van der Waals surface area contributed by atoms with E-state index >= 15 is 0 Å². The van der Waals surface area contributed by atoms with E-state index in [0.29, 0.717) is 15.9 Å². The summed E-state index contributed by atoms with van der Waals surface area (Å²) >= 11 is 16.1. The molecule has 0 spiro atoms. The summed E-state index contributed by atoms with van der Waals surface area (Å²) in [5, 5.41) is 8.95. The molecule has 0 atom stereocenters. The molecule has 4 heteroatoms. The minimum atomic E-state index is 0.0849. The molecular formula is C8H9Cl3O. The van der Waals surface area contributed by atoms with Gasteiger partial charge in [0, 0.05) is 5.88 Å². The second kappa shape index (κ2) is 7.69. The number of rotatable bonds is 1. The first-order valence-electron chi connectivity index (χ1n) is 3.29. The van der Waals surface area contributed by atoms with Gasteiger partial charge in [0.1, 0.15) is 0 Å². The predicted octanol–water partition coefficient (Wildman–Crippen LogP) is 3.21. The Morgan fingerprint density at radius 3 is 1.58 bits per heavy atom. The number of hydrogen-bond acceptors (Lipinski definition) is 1. The van der Waals surface area contributed by atoms with E-state index in [9.17, 15) is 0 Å². The quantitative estimate of drug-likeness (QED) is 0.731. The lowest BCUT2D eigenvalue weighted by Gasteiger charge is -1.88. The van der Waals surface area contributed by atoms with Gasteiger partial charge in [-0.15, -0.1) is 11.6 Å². The molecule has 0 aliphatic heterocycles. The van der Waals surface area contributed by atoms with Crippen LogP contribution in [0.3, 0.4) is 0 Å². The minimum Gasteiger partial charge on any atom is -0.395 e. The van der Waals surface area contributed by atoms with Crippen LogP contribution in [0.4, 0.5) is 0 Å². The van der Waals surface area contributed by atoms with E-state index in [0.717, 1.165) is 0 Å². The van der Waals surface area contributed by atoms with Crippen LogP contribution < -0.4 is 0 Å². The van der Waals surface area contributed by atoms with E-state index in [-0.39, 0.29) is 6.61 Å². The van der Waals surface area contributed by atoms with Crippen molar-refractivity contribution in [2.75, 3.05) is 12.5 Å². The summed E-state index contributed by atoms with van der Waals surface area (Å²) in [4.78, 5) is 0. The van der Waals surface area contributed by atoms with Gasteiger partial charge in [-0.2, -0.15) is 0 Å². The first-order chi connectivity index (χ1) is 5.72. The van der Waals surface area contributed by atoms with E-state index in [4.69, 9.17) is 39.9 Å². The van der Waals surface area contributed by atoms with Crippen molar-refractivity contribution in [1.82, 2.24) is 0 Å². The van der Waals surface area contributed by atoms with Crippen molar-refractivity contribution in [2.24, 2.45) is 0 Å². The molecule has 12 heavy (non-hydrogen) atoms. The monoisotopic (exact) mass is 226 g/mol. The van der Waals surface area contributed by atoms with Crippen LogP contribution >= 0.6 is 34.8 Å². The molecule has 1 rings (SSSR count). The lowest BCUT2D eigenvalue weighted by atomic mass is 10.4. The molecule has 0 saturated heterocycles. The van der Waals surface area contributed by atoms with Crippen LogP contribution in [0.5, 0.6) is 0 Å². The minimum absolute atomic E-state index is 0.0849. The molecule has 68 valence electrons. The molecule has 0 fully saturated rings. The topological polar surface area (TPSA) is 20.2 Å². The summed E-state index contributed by atoms with van der Waals surface area (Å²) in [5.74, 6) is 0.347. The first kappa shape index (κ1) is 12.0. The Hall–Kier alpha value is 0.0500. The number of aliphatic hydroxyl groups is 1. The highest BCUT2D eigenvalue weighted by Crippen LogP contribution is 2.19. The maximum absolute atomic E-state index is 7.74. The lowest BCUT2D eigenvalue weighted by molar-refractivity contribution is 0.321. The zero-order valence-corrected chi connectivity index (χ0v) is 8.57. The fourth-order valence-electron chi connectivity index (χ4n) is 0.439. The smallest absolute Gasteiger partial charge is 0.0592 e. The van der Waals surface area contributed by atoms with Crippen molar-refractivity contribution in [3.8, 4) is 0 Å². The first-order valence-corrected chi connectivity index (χ1v) is 4.58. The van der Waals surface area contributed by atoms with Gasteiger partial charge in [-0.25, -0.2) is 0 Å². The van der Waals surface area contributed by atoms with Gasteiger partial charge in [-0.05, 0) is 12.1 Å². The third kappa shape index (κ3) is 5.67. The Labute approximate surface area is 86.9 Å². The number of hydrogen-bond donors (Lipinski definition) is 1. The largest absolute Gasteiger partial charge is 0.395 e. The van der Waals surface area contributed by atoms with E-state index < -0.39 is 0 Å². The van der Waals surface area contributed by atoms with Gasteiger partial charge in [0.05, 0.1) is 16.7 Å². The standard InChI is InChI=1S/C6H4Cl2.C2H5ClO/c7-5-3-1-2-4-6(5)8;3-1-2-4/h1-4H;4H,1-2H2. The number of halogens is 3. The predicted molar refractivity (Wildman–Crippen MR) is 54.3 cm³/mol. The fourth-order valence-corrected chi connectivity index (χ4v) is 0.711. The van der Waals surface area contributed by atoms with Crippen LogP contribution in [-0.2, 0) is 0 Å². The van der Waals surface area contributed by atoms with Crippen LogP contribution in [0.15, 0.2) is 24.3 Å². The third-order valence-corrected chi connectivity index (χ3v) is 1.83. The maximum Gasteiger partial charge on any atom is 0.0592 e. The summed E-state index contributed by atoms with van der Waals surface area (Å²) in [6, 6.07) is 7.19. The van der Waals surface area contributed by atoms with Gasteiger partial charge in [-0.1, -0.05) is 35.3 Å². The number of alkyl halides is 1. The molecule has 0 amide bonds. The molecule has 0 heterocycles. The van der Waals surface area contributed by atoms with E-state index in [1.165, 1.54) is 0 Å². The highest BCUT2D eigenvalue weighted by Gasteiger charge is 1.89. The lowest BCUT2D eigenvalue weighted by Crippen LogP contribution is -1.76. The fraction of sp³-hybridized carbons (Fsp3) is 0.250. The molecule has 0 aliphatic carbocycles. The van der Waals surface area contributed by atoms with Crippen LogP contribution in [0.25, 0.3) is 0 Å². The molecule has 1 aromatic rings. The zero-order valence-electron chi connectivity index (χ0n) is 6.30. The molecule has 0 radical (unpaired) electrons. The highest BCUT2D eigenvalue weighted by molar-refractivity contribution is 6.41. The zero-order chi connectivity index (χ0) is 9.40. The third-order valence-electron chi connectivity index (χ3n) is 0.909. The summed E-state index contributed by atoms with van der Waals surface area (Å²) in [5.41, 5.74) is 0. The Bertz CT molecular complexity index is 192. The van der Waals surface area contributed by atoms with E-state index in [2.05, 4.69) is 0 Å². The van der Waals surface area contributed by atoms with Gasteiger partial charge in [0.15, 0.2) is 0 Å². The van der Waals surface area contributed by atoms with Crippen LogP contribution in [0.2, 0.25) is 10.0 Å². The van der Waals surface area contributed by atoms with Gasteiger partial charge in [0.2, 0.25) is 0 Å². The molecular weight excluding hydrogens is 218 g/mol. The summed E-state index contributed by atoms with van der Waals surface area (Å²) in [6.45, 7) is 0.0849. The van der Waals surface area contributed by atoms with Crippen molar-refractivity contribution >= 4 is 34.8 Å². The average molecular weight is 228 g/mol. The van der Waals surface area contributed by atoms with Crippen LogP contribution in [0, 0.1) is 0 Å². The molecule has 0 saturated carbocycles. The molecule has 0 bridgehead atoms. The van der Waals surface area contributed by atoms with Crippen molar-refractivity contribution < 1.29 is 5.11 Å². The van der Waals surface area contributed by atoms with Gasteiger partial charge >= 0.3 is 0 Å². The molecule has 0 unspecified atom stereocenters. The maximum atomic E-state index is 7.74. The average Bonchev–Trinajstić information content (AvgIpc) is 2.11. The van der Waals surface area contributed by atoms with Gasteiger partial charge in [-0.3, -0.25) is 0 Å². The molecule has 0 aromatic heterocycles. The van der Waals surface area contributed by atoms with Crippen molar-refractivity contribution in [3.63, 3.8) is 0 Å². The van der Waals surface area contributed by atoms with Crippen molar-refractivity contribution in [3.05, 3.63) is 34.3 Å². The second-order valence-electron chi connectivity index (χ2n) is 1.83. The number of aliphatic hydroxyl groups excluding tert-OH is 1. The summed E-state index contributed by atoms with van der Waals surface area (Å²) in [7, 11) is 0. The molecule has 1 aromatic carbocycles. The summed E-state index contributed by atoms with van der Waals surface area (Å²) in [6.07, 6.45) is 0. The normalized spacial score (nSPS) is 8.67. The Kier molecular flexibility index (Phi) is 7.72. The molecule has 1 N–H and O–H groups in total. The van der Waals surface area contributed by atoms with Crippen molar-refractivity contribution in [1.29, 1.82) is 0 Å². The summed E-state index contributed by atoms with van der Waals surface area (Å²) < 4.78 is 0. The van der Waals surface area contributed by atoms with E-state index in [1.807, 2.05) is 12.1 Å². The van der Waals surface area contributed by atoms with Crippen LogP contribution in [-0.4, -0.2) is 17.6 Å². The Balaban J connectivity index is 0.000000261. The number of benzene rings is 1. The van der Waals surface area contributed by atoms with Crippen LogP contribution in [0.1, 0.15) is 0 Å². The molecule has 1 nitrogen and oxygen atoms in total. The van der Waals surface area contributed by atoms with E-state index in [1.54, 1.807) is 12.1 Å². The SMILES string of the molecule is Clc1ccccc1Cl.OCCCl. The van der Waals surface area contributed by atoms with Crippen molar-refractivity contribution in [2.45, 2.75) is 0 Å². The molecule has 0 aliphatic rings. The Morgan fingerprint density at radius 2 is 1.42 bits per heavy atom. The Morgan fingerprint density at radius 1 is 1.08 bits per heavy atom. The second-order valence-corrected chi connectivity index (χ2v) is 3.02.